The maximum absolute atomic E-state index is 12.5. The summed E-state index contributed by atoms with van der Waals surface area (Å²) in [6.07, 6.45) is 3.26. The van der Waals surface area contributed by atoms with E-state index < -0.39 is 15.9 Å². The number of hydrogen-bond acceptors (Lipinski definition) is 3. The van der Waals surface area contributed by atoms with Crippen molar-refractivity contribution in [2.75, 3.05) is 18.9 Å². The van der Waals surface area contributed by atoms with Gasteiger partial charge < -0.3 is 5.32 Å². The van der Waals surface area contributed by atoms with Gasteiger partial charge in [-0.1, -0.05) is 37.1 Å². The first-order valence-corrected chi connectivity index (χ1v) is 10.3. The number of nitrogens with zero attached hydrogens (tertiary/aromatic N) is 1. The van der Waals surface area contributed by atoms with Gasteiger partial charge in [-0.2, -0.15) is 4.31 Å². The summed E-state index contributed by atoms with van der Waals surface area (Å²) in [5.41, 5.74) is 1.86. The molecule has 140 valence electrons. The van der Waals surface area contributed by atoms with Gasteiger partial charge >= 0.3 is 0 Å². The van der Waals surface area contributed by atoms with Gasteiger partial charge in [0.1, 0.15) is 0 Å². The average molecular weight is 395 g/mol. The number of hydrogen-bond donors (Lipinski definition) is 1. The van der Waals surface area contributed by atoms with Crippen molar-refractivity contribution < 1.29 is 13.2 Å². The molecular weight excluding hydrogens is 372 g/mol. The van der Waals surface area contributed by atoms with E-state index in [2.05, 4.69) is 12.2 Å². The predicted octanol–water partition coefficient (Wildman–Crippen LogP) is 3.94. The second-order valence-electron chi connectivity index (χ2n) is 6.06. The molecule has 2 aromatic rings. The Bertz CT molecular complexity index is 834. The van der Waals surface area contributed by atoms with Crippen LogP contribution in [0.25, 0.3) is 0 Å². The predicted molar refractivity (Wildman–Crippen MR) is 105 cm³/mol. The number of rotatable bonds is 8. The molecule has 0 fully saturated rings. The summed E-state index contributed by atoms with van der Waals surface area (Å²) in [7, 11) is -2.37. The molecule has 26 heavy (non-hydrogen) atoms. The van der Waals surface area contributed by atoms with Gasteiger partial charge in [0, 0.05) is 17.8 Å². The second kappa shape index (κ2) is 9.16. The molecule has 0 aliphatic rings. The van der Waals surface area contributed by atoms with Crippen LogP contribution in [-0.2, 0) is 21.2 Å². The van der Waals surface area contributed by atoms with E-state index in [1.165, 1.54) is 36.9 Å². The minimum absolute atomic E-state index is 0.0949. The topological polar surface area (TPSA) is 66.5 Å². The molecule has 0 aliphatic carbocycles. The zero-order chi connectivity index (χ0) is 19.2. The number of nitrogens with one attached hydrogen (secondary N) is 1. The van der Waals surface area contributed by atoms with Crippen molar-refractivity contribution >= 4 is 33.2 Å². The molecule has 0 saturated heterocycles. The van der Waals surface area contributed by atoms with Gasteiger partial charge in [-0.05, 0) is 54.8 Å². The van der Waals surface area contributed by atoms with Gasteiger partial charge in [-0.3, -0.25) is 4.79 Å². The van der Waals surface area contributed by atoms with Crippen LogP contribution in [0.4, 0.5) is 5.69 Å². The highest BCUT2D eigenvalue weighted by molar-refractivity contribution is 7.89. The molecule has 1 N–H and O–H groups in total. The molecule has 0 spiro atoms. The number of aryl methyl sites for hydroxylation is 1. The first-order chi connectivity index (χ1) is 12.3. The number of carbonyl (C=O) groups is 1. The van der Waals surface area contributed by atoms with Crippen molar-refractivity contribution in [2.24, 2.45) is 0 Å². The summed E-state index contributed by atoms with van der Waals surface area (Å²) >= 11 is 5.78. The van der Waals surface area contributed by atoms with E-state index >= 15 is 0 Å². The van der Waals surface area contributed by atoms with Crippen LogP contribution in [0.3, 0.4) is 0 Å². The van der Waals surface area contributed by atoms with E-state index in [0.717, 1.165) is 23.6 Å². The molecule has 2 aromatic carbocycles. The Hall–Kier alpha value is -1.89. The van der Waals surface area contributed by atoms with Crippen molar-refractivity contribution in [2.45, 2.75) is 31.1 Å². The number of carbonyl (C=O) groups excluding carboxylic acids is 1. The molecule has 0 heterocycles. The highest BCUT2D eigenvalue weighted by Gasteiger charge is 2.22. The van der Waals surface area contributed by atoms with Gasteiger partial charge in [-0.15, -0.1) is 0 Å². The second-order valence-corrected chi connectivity index (χ2v) is 8.54. The molecule has 5 nitrogen and oxygen atoms in total. The Balaban J connectivity index is 1.97. The minimum Gasteiger partial charge on any atom is -0.325 e. The Morgan fingerprint density at radius 2 is 1.69 bits per heavy atom. The van der Waals surface area contributed by atoms with Gasteiger partial charge in [-0.25, -0.2) is 8.42 Å². The molecular formula is C19H23ClN2O3S. The van der Waals surface area contributed by atoms with Crippen LogP contribution in [0.1, 0.15) is 25.3 Å². The van der Waals surface area contributed by atoms with E-state index in [1.54, 1.807) is 0 Å². The highest BCUT2D eigenvalue weighted by atomic mass is 35.5. The average Bonchev–Trinajstić information content (AvgIpc) is 2.61. The third-order valence-corrected chi connectivity index (χ3v) is 6.01. The van der Waals surface area contributed by atoms with Crippen LogP contribution in [0.15, 0.2) is 53.4 Å². The van der Waals surface area contributed by atoms with Gasteiger partial charge in [0.2, 0.25) is 15.9 Å². The smallest absolute Gasteiger partial charge is 0.243 e. The van der Waals surface area contributed by atoms with Crippen LogP contribution >= 0.6 is 11.6 Å². The first-order valence-electron chi connectivity index (χ1n) is 8.43. The van der Waals surface area contributed by atoms with Crippen LogP contribution in [-0.4, -0.2) is 32.2 Å². The Morgan fingerprint density at radius 3 is 2.27 bits per heavy atom. The van der Waals surface area contributed by atoms with Gasteiger partial charge in [0.25, 0.3) is 0 Å². The normalized spacial score (nSPS) is 11.5. The van der Waals surface area contributed by atoms with Crippen molar-refractivity contribution in [1.82, 2.24) is 4.31 Å². The summed E-state index contributed by atoms with van der Waals surface area (Å²) in [6, 6.07) is 13.4. The molecule has 1 amide bonds. The lowest BCUT2D eigenvalue weighted by atomic mass is 10.1. The zero-order valence-electron chi connectivity index (χ0n) is 14.9. The molecule has 0 saturated carbocycles. The lowest BCUT2D eigenvalue weighted by molar-refractivity contribution is -0.116. The third-order valence-electron chi connectivity index (χ3n) is 3.94. The van der Waals surface area contributed by atoms with E-state index in [1.807, 2.05) is 24.3 Å². The number of amides is 1. The molecule has 0 unspecified atom stereocenters. The molecule has 0 atom stereocenters. The Kier molecular flexibility index (Phi) is 7.20. The maximum Gasteiger partial charge on any atom is 0.243 e. The van der Waals surface area contributed by atoms with Gasteiger partial charge in [0.05, 0.1) is 11.4 Å². The quantitative estimate of drug-likeness (QED) is 0.737. The summed E-state index contributed by atoms with van der Waals surface area (Å²) in [4.78, 5) is 12.3. The fourth-order valence-corrected chi connectivity index (χ4v) is 3.66. The van der Waals surface area contributed by atoms with Crippen LogP contribution in [0.2, 0.25) is 5.02 Å². The molecule has 2 rings (SSSR count). The number of unbranched alkanes of at least 4 members (excludes halogenated alkanes) is 1. The van der Waals surface area contributed by atoms with Crippen LogP contribution in [0.5, 0.6) is 0 Å². The van der Waals surface area contributed by atoms with E-state index in [9.17, 15) is 13.2 Å². The summed E-state index contributed by atoms with van der Waals surface area (Å²) < 4.78 is 26.0. The monoisotopic (exact) mass is 394 g/mol. The van der Waals surface area contributed by atoms with Gasteiger partial charge in [0.15, 0.2) is 0 Å². The summed E-state index contributed by atoms with van der Waals surface area (Å²) in [6.45, 7) is 1.87. The molecule has 0 aliphatic heterocycles. The van der Waals surface area contributed by atoms with E-state index in [0.29, 0.717) is 10.7 Å². The van der Waals surface area contributed by atoms with Crippen molar-refractivity contribution in [3.05, 3.63) is 59.1 Å². The van der Waals surface area contributed by atoms with Crippen LogP contribution in [0, 0.1) is 0 Å². The number of sulfonamides is 1. The lowest BCUT2D eigenvalue weighted by Crippen LogP contribution is -2.34. The maximum atomic E-state index is 12.5. The zero-order valence-corrected chi connectivity index (χ0v) is 16.5. The van der Waals surface area contributed by atoms with Crippen LogP contribution < -0.4 is 5.32 Å². The number of benzene rings is 2. The number of halogens is 1. The van der Waals surface area contributed by atoms with E-state index in [-0.39, 0.29) is 11.4 Å². The largest absolute Gasteiger partial charge is 0.325 e. The lowest BCUT2D eigenvalue weighted by Gasteiger charge is -2.17. The van der Waals surface area contributed by atoms with E-state index in [4.69, 9.17) is 11.6 Å². The highest BCUT2D eigenvalue weighted by Crippen LogP contribution is 2.18. The van der Waals surface area contributed by atoms with Crippen molar-refractivity contribution in [3.63, 3.8) is 0 Å². The SMILES string of the molecule is CCCCc1ccc(NC(=O)CN(C)S(=O)(=O)c2ccc(Cl)cc2)cc1. The third kappa shape index (κ3) is 5.56. The standard InChI is InChI=1S/C19H23ClN2O3S/c1-3-4-5-15-6-10-17(11-7-15)21-19(23)14-22(2)26(24,25)18-12-8-16(20)9-13-18/h6-13H,3-5,14H2,1-2H3,(H,21,23). The molecule has 0 radical (unpaired) electrons. The fourth-order valence-electron chi connectivity index (χ4n) is 2.41. The molecule has 7 heteroatoms. The first kappa shape index (κ1) is 20.4. The summed E-state index contributed by atoms with van der Waals surface area (Å²) in [5, 5.41) is 3.17. The molecule has 0 aromatic heterocycles. The Labute approximate surface area is 160 Å². The fraction of sp³-hybridized carbons (Fsp3) is 0.316. The summed E-state index contributed by atoms with van der Waals surface area (Å²) in [5.74, 6) is -0.397. The van der Waals surface area contributed by atoms with Crippen molar-refractivity contribution in [3.8, 4) is 0 Å². The number of likely N-dealkylation sites (N-methyl/N-ethyl adjacent to an activating group) is 1. The van der Waals surface area contributed by atoms with Crippen molar-refractivity contribution in [1.29, 1.82) is 0 Å². The Morgan fingerprint density at radius 1 is 1.08 bits per heavy atom. The molecule has 0 bridgehead atoms. The minimum atomic E-state index is -3.75. The number of anilines is 1.